The van der Waals surface area contributed by atoms with Crippen LogP contribution in [0.5, 0.6) is 5.75 Å². The summed E-state index contributed by atoms with van der Waals surface area (Å²) in [5, 5.41) is 8.89. The second-order valence-corrected chi connectivity index (χ2v) is 4.14. The topological polar surface area (TPSA) is 46.5 Å². The second kappa shape index (κ2) is 5.01. The molecule has 0 bridgehead atoms. The van der Waals surface area contributed by atoms with Crippen LogP contribution in [0.1, 0.15) is 23.6 Å². The van der Waals surface area contributed by atoms with Crippen molar-refractivity contribution in [3.05, 3.63) is 28.8 Å². The van der Waals surface area contributed by atoms with Gasteiger partial charge in [-0.2, -0.15) is 0 Å². The van der Waals surface area contributed by atoms with Gasteiger partial charge >= 0.3 is 5.97 Å². The lowest BCUT2D eigenvalue weighted by molar-refractivity contribution is -0.141. The van der Waals surface area contributed by atoms with Crippen molar-refractivity contribution in [3.63, 3.8) is 0 Å². The van der Waals surface area contributed by atoms with E-state index in [9.17, 15) is 4.79 Å². The summed E-state index contributed by atoms with van der Waals surface area (Å²) in [4.78, 5) is 10.8. The highest BCUT2D eigenvalue weighted by atomic mass is 16.5. The largest absolute Gasteiger partial charge is 0.496 e. The van der Waals surface area contributed by atoms with Crippen LogP contribution in [0.3, 0.4) is 0 Å². The molecule has 3 nitrogen and oxygen atoms in total. The number of aliphatic carboxylic acids is 1. The third kappa shape index (κ3) is 2.54. The molecule has 88 valence electrons. The van der Waals surface area contributed by atoms with Gasteiger partial charge in [0.05, 0.1) is 13.0 Å². The molecule has 1 unspecified atom stereocenters. The summed E-state index contributed by atoms with van der Waals surface area (Å²) in [5.41, 5.74) is 3.20. The van der Waals surface area contributed by atoms with Crippen LogP contribution in [0.2, 0.25) is 0 Å². The molecular weight excluding hydrogens is 204 g/mol. The molecule has 1 atom stereocenters. The Morgan fingerprint density at radius 1 is 1.44 bits per heavy atom. The van der Waals surface area contributed by atoms with Gasteiger partial charge in [0.1, 0.15) is 5.75 Å². The van der Waals surface area contributed by atoms with Crippen molar-refractivity contribution in [2.75, 3.05) is 7.11 Å². The van der Waals surface area contributed by atoms with Gasteiger partial charge in [0, 0.05) is 0 Å². The highest BCUT2D eigenvalue weighted by Gasteiger charge is 2.16. The fourth-order valence-corrected chi connectivity index (χ4v) is 1.71. The summed E-state index contributed by atoms with van der Waals surface area (Å²) >= 11 is 0. The highest BCUT2D eigenvalue weighted by molar-refractivity contribution is 5.70. The number of carboxylic acid groups (broad SMARTS) is 1. The van der Waals surface area contributed by atoms with Crippen molar-refractivity contribution >= 4 is 5.97 Å². The standard InChI is InChI=1S/C13H18O3/c1-8-5-6-11(7-9(2)13(14)15)12(16-4)10(8)3/h5-6,9H,7H2,1-4H3,(H,14,15). The van der Waals surface area contributed by atoms with E-state index in [1.807, 2.05) is 26.0 Å². The SMILES string of the molecule is COc1c(CC(C)C(=O)O)ccc(C)c1C. The van der Waals surface area contributed by atoms with Crippen LogP contribution in [-0.4, -0.2) is 18.2 Å². The Morgan fingerprint density at radius 3 is 2.56 bits per heavy atom. The highest BCUT2D eigenvalue weighted by Crippen LogP contribution is 2.28. The maximum absolute atomic E-state index is 10.8. The van der Waals surface area contributed by atoms with E-state index >= 15 is 0 Å². The van der Waals surface area contributed by atoms with Gasteiger partial charge in [0.25, 0.3) is 0 Å². The molecule has 1 rings (SSSR count). The molecule has 0 saturated heterocycles. The van der Waals surface area contributed by atoms with Gasteiger partial charge in [-0.3, -0.25) is 4.79 Å². The lowest BCUT2D eigenvalue weighted by atomic mass is 9.96. The molecule has 1 aromatic carbocycles. The van der Waals surface area contributed by atoms with Gasteiger partial charge in [-0.15, -0.1) is 0 Å². The van der Waals surface area contributed by atoms with Crippen LogP contribution in [-0.2, 0) is 11.2 Å². The molecule has 0 saturated carbocycles. The Morgan fingerprint density at radius 2 is 2.06 bits per heavy atom. The van der Waals surface area contributed by atoms with Crippen molar-refractivity contribution in [3.8, 4) is 5.75 Å². The number of ether oxygens (including phenoxy) is 1. The van der Waals surface area contributed by atoms with Crippen LogP contribution in [0.25, 0.3) is 0 Å². The molecule has 0 fully saturated rings. The average molecular weight is 222 g/mol. The van der Waals surface area contributed by atoms with Crippen LogP contribution in [0, 0.1) is 19.8 Å². The van der Waals surface area contributed by atoms with E-state index in [2.05, 4.69) is 0 Å². The fourth-order valence-electron chi connectivity index (χ4n) is 1.71. The average Bonchev–Trinajstić information content (AvgIpc) is 2.23. The first-order chi connectivity index (χ1) is 7.47. The Bertz CT molecular complexity index is 396. The monoisotopic (exact) mass is 222 g/mol. The first kappa shape index (κ1) is 12.6. The van der Waals surface area contributed by atoms with E-state index in [1.54, 1.807) is 14.0 Å². The predicted octanol–water partition coefficient (Wildman–Crippen LogP) is 2.58. The van der Waals surface area contributed by atoms with Gasteiger partial charge in [0.15, 0.2) is 0 Å². The maximum atomic E-state index is 10.8. The zero-order valence-corrected chi connectivity index (χ0v) is 10.2. The van der Waals surface area contributed by atoms with E-state index in [0.717, 1.165) is 22.4 Å². The Kier molecular flexibility index (Phi) is 3.93. The van der Waals surface area contributed by atoms with Crippen molar-refractivity contribution in [2.45, 2.75) is 27.2 Å². The molecule has 16 heavy (non-hydrogen) atoms. The number of benzene rings is 1. The molecule has 0 spiro atoms. The van der Waals surface area contributed by atoms with E-state index in [-0.39, 0.29) is 0 Å². The molecule has 0 aliphatic rings. The van der Waals surface area contributed by atoms with E-state index in [0.29, 0.717) is 6.42 Å². The first-order valence-electron chi connectivity index (χ1n) is 5.33. The molecule has 0 aliphatic carbocycles. The second-order valence-electron chi connectivity index (χ2n) is 4.14. The molecule has 0 radical (unpaired) electrons. The number of rotatable bonds is 4. The fraction of sp³-hybridized carbons (Fsp3) is 0.462. The zero-order chi connectivity index (χ0) is 12.3. The van der Waals surface area contributed by atoms with Gasteiger partial charge in [-0.05, 0) is 37.0 Å². The zero-order valence-electron chi connectivity index (χ0n) is 10.2. The first-order valence-corrected chi connectivity index (χ1v) is 5.33. The van der Waals surface area contributed by atoms with Crippen LogP contribution >= 0.6 is 0 Å². The minimum Gasteiger partial charge on any atom is -0.496 e. The minimum atomic E-state index is -0.778. The lowest BCUT2D eigenvalue weighted by Gasteiger charge is -2.15. The molecule has 3 heteroatoms. The Balaban J connectivity index is 3.05. The molecular formula is C13H18O3. The van der Waals surface area contributed by atoms with Crippen LogP contribution in [0.4, 0.5) is 0 Å². The Hall–Kier alpha value is -1.51. The number of aryl methyl sites for hydroxylation is 1. The third-order valence-electron chi connectivity index (χ3n) is 2.91. The molecule has 1 N–H and O–H groups in total. The van der Waals surface area contributed by atoms with Crippen LogP contribution < -0.4 is 4.74 Å². The molecule has 0 aromatic heterocycles. The summed E-state index contributed by atoms with van der Waals surface area (Å²) in [6.45, 7) is 5.71. The summed E-state index contributed by atoms with van der Waals surface area (Å²) in [6.07, 6.45) is 0.500. The van der Waals surface area contributed by atoms with Gasteiger partial charge in [-0.25, -0.2) is 0 Å². The summed E-state index contributed by atoms with van der Waals surface area (Å²) < 4.78 is 5.34. The molecule has 0 aliphatic heterocycles. The van der Waals surface area contributed by atoms with E-state index in [4.69, 9.17) is 9.84 Å². The van der Waals surface area contributed by atoms with E-state index in [1.165, 1.54) is 0 Å². The Labute approximate surface area is 96.1 Å². The maximum Gasteiger partial charge on any atom is 0.306 e. The van der Waals surface area contributed by atoms with Gasteiger partial charge in [-0.1, -0.05) is 19.1 Å². The summed E-state index contributed by atoms with van der Waals surface area (Å²) in [5.74, 6) is -0.357. The summed E-state index contributed by atoms with van der Waals surface area (Å²) in [6, 6.07) is 3.95. The number of hydrogen-bond donors (Lipinski definition) is 1. The van der Waals surface area contributed by atoms with Crippen molar-refractivity contribution < 1.29 is 14.6 Å². The van der Waals surface area contributed by atoms with Gasteiger partial charge < -0.3 is 9.84 Å². The number of methoxy groups -OCH3 is 1. The van der Waals surface area contributed by atoms with Crippen molar-refractivity contribution in [2.24, 2.45) is 5.92 Å². The third-order valence-corrected chi connectivity index (χ3v) is 2.91. The summed E-state index contributed by atoms with van der Waals surface area (Å²) in [7, 11) is 1.62. The number of carboxylic acids is 1. The van der Waals surface area contributed by atoms with Crippen molar-refractivity contribution in [1.82, 2.24) is 0 Å². The van der Waals surface area contributed by atoms with E-state index < -0.39 is 11.9 Å². The van der Waals surface area contributed by atoms with Gasteiger partial charge in [0.2, 0.25) is 0 Å². The smallest absolute Gasteiger partial charge is 0.306 e. The normalized spacial score (nSPS) is 12.2. The minimum absolute atomic E-state index is 0.393. The quantitative estimate of drug-likeness (QED) is 0.851. The van der Waals surface area contributed by atoms with Crippen molar-refractivity contribution in [1.29, 1.82) is 0 Å². The van der Waals surface area contributed by atoms with Crippen LogP contribution in [0.15, 0.2) is 12.1 Å². The molecule has 0 heterocycles. The molecule has 0 amide bonds. The number of carbonyl (C=O) groups is 1. The predicted molar refractivity (Wildman–Crippen MR) is 63.0 cm³/mol. The molecule has 1 aromatic rings. The number of hydrogen-bond acceptors (Lipinski definition) is 2. The lowest BCUT2D eigenvalue weighted by Crippen LogP contribution is -2.13.